The van der Waals surface area contributed by atoms with Crippen molar-refractivity contribution >= 4 is 12.1 Å². The molecule has 2 rings (SSSR count). The summed E-state index contributed by atoms with van der Waals surface area (Å²) in [4.78, 5) is 24.4. The van der Waals surface area contributed by atoms with Crippen molar-refractivity contribution in [1.29, 1.82) is 0 Å². The van der Waals surface area contributed by atoms with Crippen LogP contribution in [0.25, 0.3) is 0 Å². The van der Waals surface area contributed by atoms with Gasteiger partial charge in [-0.1, -0.05) is 0 Å². The molecule has 0 spiro atoms. The molecule has 1 aromatic carbocycles. The van der Waals surface area contributed by atoms with Crippen molar-refractivity contribution in [2.24, 2.45) is 5.92 Å². The first kappa shape index (κ1) is 17.1. The van der Waals surface area contributed by atoms with Crippen LogP contribution < -0.4 is 4.74 Å². The fourth-order valence-electron chi connectivity index (χ4n) is 2.33. The Morgan fingerprint density at radius 2 is 1.96 bits per heavy atom. The Balaban J connectivity index is 1.78. The molecule has 1 amide bonds. The van der Waals surface area contributed by atoms with E-state index in [-0.39, 0.29) is 17.6 Å². The molecule has 6 nitrogen and oxygen atoms in total. The second-order valence-corrected chi connectivity index (χ2v) is 6.84. The lowest BCUT2D eigenvalue weighted by Gasteiger charge is -2.39. The molecule has 1 heterocycles. The smallest absolute Gasteiger partial charge is 0.410 e. The maximum absolute atomic E-state index is 11.8. The minimum atomic E-state index is -0.943. The first-order valence-electron chi connectivity index (χ1n) is 7.60. The van der Waals surface area contributed by atoms with Crippen LogP contribution in [0, 0.1) is 12.8 Å². The van der Waals surface area contributed by atoms with Crippen LogP contribution in [0.1, 0.15) is 36.7 Å². The molecule has 1 N–H and O–H groups in total. The zero-order valence-corrected chi connectivity index (χ0v) is 14.0. The summed E-state index contributed by atoms with van der Waals surface area (Å²) in [7, 11) is 0. The minimum Gasteiger partial charge on any atom is -0.493 e. The molecule has 6 heteroatoms. The van der Waals surface area contributed by atoms with Crippen molar-refractivity contribution in [1.82, 2.24) is 4.90 Å². The van der Waals surface area contributed by atoms with E-state index in [1.165, 1.54) is 0 Å². The summed E-state index contributed by atoms with van der Waals surface area (Å²) >= 11 is 0. The quantitative estimate of drug-likeness (QED) is 0.922. The van der Waals surface area contributed by atoms with Crippen LogP contribution in [0.2, 0.25) is 0 Å². The summed E-state index contributed by atoms with van der Waals surface area (Å²) in [6.07, 6.45) is -0.296. The van der Waals surface area contributed by atoms with Crippen LogP contribution >= 0.6 is 0 Å². The van der Waals surface area contributed by atoms with Crippen molar-refractivity contribution in [2.75, 3.05) is 19.7 Å². The molecule has 1 fully saturated rings. The maximum Gasteiger partial charge on any atom is 0.410 e. The number of benzene rings is 1. The molecule has 126 valence electrons. The molecule has 1 aliphatic rings. The first-order valence-corrected chi connectivity index (χ1v) is 7.60. The van der Waals surface area contributed by atoms with Gasteiger partial charge in [-0.25, -0.2) is 9.59 Å². The lowest BCUT2D eigenvalue weighted by Crippen LogP contribution is -2.53. The van der Waals surface area contributed by atoms with Gasteiger partial charge in [0.2, 0.25) is 0 Å². The van der Waals surface area contributed by atoms with Gasteiger partial charge in [-0.05, 0) is 51.5 Å². The van der Waals surface area contributed by atoms with Gasteiger partial charge in [0.25, 0.3) is 0 Å². The van der Waals surface area contributed by atoms with Gasteiger partial charge >= 0.3 is 12.1 Å². The van der Waals surface area contributed by atoms with Gasteiger partial charge in [-0.3, -0.25) is 0 Å². The number of carbonyl (C=O) groups is 2. The average molecular weight is 321 g/mol. The highest BCUT2D eigenvalue weighted by Crippen LogP contribution is 2.22. The second-order valence-electron chi connectivity index (χ2n) is 6.84. The molecule has 0 saturated carbocycles. The topological polar surface area (TPSA) is 76.1 Å². The Morgan fingerprint density at radius 3 is 2.48 bits per heavy atom. The zero-order valence-electron chi connectivity index (χ0n) is 14.0. The summed E-state index contributed by atoms with van der Waals surface area (Å²) in [5, 5.41) is 8.99. The van der Waals surface area contributed by atoms with Gasteiger partial charge in [0, 0.05) is 19.0 Å². The lowest BCUT2D eigenvalue weighted by atomic mass is 10.0. The van der Waals surface area contributed by atoms with Gasteiger partial charge in [0.1, 0.15) is 11.4 Å². The number of likely N-dealkylation sites (tertiary alicyclic amines) is 1. The molecule has 23 heavy (non-hydrogen) atoms. The van der Waals surface area contributed by atoms with E-state index in [4.69, 9.17) is 14.6 Å². The lowest BCUT2D eigenvalue weighted by molar-refractivity contribution is -0.00781. The van der Waals surface area contributed by atoms with Crippen molar-refractivity contribution in [2.45, 2.75) is 33.3 Å². The van der Waals surface area contributed by atoms with Gasteiger partial charge in [0.15, 0.2) is 0 Å². The highest BCUT2D eigenvalue weighted by Gasteiger charge is 2.34. The zero-order chi connectivity index (χ0) is 17.2. The van der Waals surface area contributed by atoms with E-state index in [1.807, 2.05) is 20.8 Å². The number of amides is 1. The Morgan fingerprint density at radius 1 is 1.30 bits per heavy atom. The number of aromatic carboxylic acids is 1. The van der Waals surface area contributed by atoms with E-state index >= 15 is 0 Å². The monoisotopic (exact) mass is 321 g/mol. The maximum atomic E-state index is 11.8. The van der Waals surface area contributed by atoms with E-state index in [1.54, 1.807) is 30.0 Å². The summed E-state index contributed by atoms with van der Waals surface area (Å²) in [5.74, 6) is -0.0359. The van der Waals surface area contributed by atoms with Crippen LogP contribution in [0.4, 0.5) is 4.79 Å². The van der Waals surface area contributed by atoms with E-state index in [9.17, 15) is 9.59 Å². The van der Waals surface area contributed by atoms with Crippen LogP contribution in [0.3, 0.4) is 0 Å². The number of hydrogen-bond donors (Lipinski definition) is 1. The normalized spacial score (nSPS) is 15.0. The summed E-state index contributed by atoms with van der Waals surface area (Å²) in [5.41, 5.74) is 0.457. The van der Waals surface area contributed by atoms with Gasteiger partial charge < -0.3 is 19.5 Å². The van der Waals surface area contributed by atoms with E-state index in [2.05, 4.69) is 0 Å². The van der Waals surface area contributed by atoms with Crippen molar-refractivity contribution in [3.63, 3.8) is 0 Å². The molecule has 0 atom stereocenters. The number of rotatable bonds is 4. The fourth-order valence-corrected chi connectivity index (χ4v) is 2.33. The van der Waals surface area contributed by atoms with Crippen molar-refractivity contribution in [3.05, 3.63) is 29.3 Å². The molecular formula is C17H23NO5. The number of nitrogens with zero attached hydrogens (tertiary/aromatic N) is 1. The van der Waals surface area contributed by atoms with Crippen LogP contribution in [0.15, 0.2) is 18.2 Å². The SMILES string of the molecule is Cc1cc(OCC2CN(C(=O)OC(C)(C)C)C2)ccc1C(=O)O. The van der Waals surface area contributed by atoms with Crippen LogP contribution in [-0.4, -0.2) is 47.4 Å². The Labute approximate surface area is 136 Å². The third-order valence-corrected chi connectivity index (χ3v) is 3.52. The minimum absolute atomic E-state index is 0.266. The molecule has 1 aliphatic heterocycles. The number of aryl methyl sites for hydroxylation is 1. The Bertz CT molecular complexity index is 599. The number of carboxylic acid groups (broad SMARTS) is 1. The van der Waals surface area contributed by atoms with E-state index in [0.717, 1.165) is 0 Å². The molecule has 0 aromatic heterocycles. The highest BCUT2D eigenvalue weighted by molar-refractivity contribution is 5.89. The van der Waals surface area contributed by atoms with Crippen molar-refractivity contribution < 1.29 is 24.2 Å². The molecule has 1 saturated heterocycles. The Hall–Kier alpha value is -2.24. The molecule has 0 aliphatic carbocycles. The van der Waals surface area contributed by atoms with Crippen LogP contribution in [0.5, 0.6) is 5.75 Å². The van der Waals surface area contributed by atoms with Gasteiger partial charge in [-0.2, -0.15) is 0 Å². The standard InChI is InChI=1S/C17H23NO5/c1-11-7-13(5-6-14(11)15(19)20)22-10-12-8-18(9-12)16(21)23-17(2,3)4/h5-7,12H,8-10H2,1-4H3,(H,19,20). The third kappa shape index (κ3) is 4.61. The molecule has 0 bridgehead atoms. The number of carboxylic acids is 1. The average Bonchev–Trinajstić information content (AvgIpc) is 2.34. The summed E-state index contributed by atoms with van der Waals surface area (Å²) < 4.78 is 11.0. The number of carbonyl (C=O) groups excluding carboxylic acids is 1. The molecule has 0 radical (unpaired) electrons. The Kier molecular flexibility index (Phi) is 4.82. The third-order valence-electron chi connectivity index (χ3n) is 3.52. The van der Waals surface area contributed by atoms with Gasteiger partial charge in [0.05, 0.1) is 12.2 Å². The predicted molar refractivity (Wildman–Crippen MR) is 84.9 cm³/mol. The summed E-state index contributed by atoms with van der Waals surface area (Å²) in [6.45, 7) is 8.98. The second kappa shape index (κ2) is 6.48. The molecular weight excluding hydrogens is 298 g/mol. The van der Waals surface area contributed by atoms with Gasteiger partial charge in [-0.15, -0.1) is 0 Å². The number of ether oxygens (including phenoxy) is 2. The fraction of sp³-hybridized carbons (Fsp3) is 0.529. The molecule has 1 aromatic rings. The summed E-state index contributed by atoms with van der Waals surface area (Å²) in [6, 6.07) is 4.91. The van der Waals surface area contributed by atoms with E-state index < -0.39 is 11.6 Å². The number of hydrogen-bond acceptors (Lipinski definition) is 4. The first-order chi connectivity index (χ1) is 10.7. The van der Waals surface area contributed by atoms with Crippen LogP contribution in [-0.2, 0) is 4.74 Å². The largest absolute Gasteiger partial charge is 0.493 e. The highest BCUT2D eigenvalue weighted by atomic mass is 16.6. The molecule has 0 unspecified atom stereocenters. The van der Waals surface area contributed by atoms with E-state index in [0.29, 0.717) is 31.0 Å². The van der Waals surface area contributed by atoms with Crippen molar-refractivity contribution in [3.8, 4) is 5.75 Å². The predicted octanol–water partition coefficient (Wildman–Crippen LogP) is 2.94.